The predicted octanol–water partition coefficient (Wildman–Crippen LogP) is 6.71. The van der Waals surface area contributed by atoms with Gasteiger partial charge in [-0.3, -0.25) is 9.69 Å². The van der Waals surface area contributed by atoms with Crippen LogP contribution in [0.5, 0.6) is 0 Å². The minimum Gasteiger partial charge on any atom is -0.279 e. The van der Waals surface area contributed by atoms with Crippen LogP contribution in [0.4, 0.5) is 5.69 Å². The first kappa shape index (κ1) is 19.5. The Balaban J connectivity index is 1.74. The predicted molar refractivity (Wildman–Crippen MR) is 122 cm³/mol. The van der Waals surface area contributed by atoms with Gasteiger partial charge in [-0.15, -0.1) is 0 Å². The second kappa shape index (κ2) is 8.68. The van der Waals surface area contributed by atoms with Crippen LogP contribution < -0.4 is 0 Å². The van der Waals surface area contributed by atoms with Gasteiger partial charge < -0.3 is 0 Å². The SMILES string of the molecule is CC(c1ccccc1)N1C(=O)/C(=C\c2ccc(Cl)cc2)SC1=Nc1ccccc1. The highest BCUT2D eigenvalue weighted by atomic mass is 35.5. The molecule has 0 saturated carbocycles. The third kappa shape index (κ3) is 4.44. The Morgan fingerprint density at radius 1 is 0.931 bits per heavy atom. The number of thioether (sulfide) groups is 1. The average Bonchev–Trinajstić information content (AvgIpc) is 3.05. The van der Waals surface area contributed by atoms with Crippen LogP contribution in [0.25, 0.3) is 6.08 Å². The molecule has 3 nitrogen and oxygen atoms in total. The van der Waals surface area contributed by atoms with Crippen molar-refractivity contribution in [3.05, 3.63) is 106 Å². The van der Waals surface area contributed by atoms with Gasteiger partial charge in [-0.2, -0.15) is 0 Å². The number of carbonyl (C=O) groups excluding carboxylic acids is 1. The minimum atomic E-state index is -0.130. The van der Waals surface area contributed by atoms with Gasteiger partial charge in [0.15, 0.2) is 5.17 Å². The first-order chi connectivity index (χ1) is 14.1. The molecule has 5 heteroatoms. The molecule has 0 aliphatic carbocycles. The first-order valence-corrected chi connectivity index (χ1v) is 10.5. The molecule has 1 aliphatic heterocycles. The van der Waals surface area contributed by atoms with E-state index in [9.17, 15) is 4.79 Å². The van der Waals surface area contributed by atoms with Gasteiger partial charge in [0.2, 0.25) is 0 Å². The molecule has 1 atom stereocenters. The Morgan fingerprint density at radius 2 is 1.55 bits per heavy atom. The molecule has 3 aromatic rings. The van der Waals surface area contributed by atoms with E-state index >= 15 is 0 Å². The van der Waals surface area contributed by atoms with Crippen LogP contribution in [0, 0.1) is 0 Å². The Morgan fingerprint density at radius 3 is 2.21 bits per heavy atom. The van der Waals surface area contributed by atoms with E-state index in [2.05, 4.69) is 0 Å². The van der Waals surface area contributed by atoms with Gasteiger partial charge in [0.05, 0.1) is 16.6 Å². The quantitative estimate of drug-likeness (QED) is 0.441. The highest BCUT2D eigenvalue weighted by molar-refractivity contribution is 8.18. The Bertz CT molecular complexity index is 1060. The van der Waals surface area contributed by atoms with Crippen LogP contribution >= 0.6 is 23.4 Å². The van der Waals surface area contributed by atoms with Crippen molar-refractivity contribution in [3.63, 3.8) is 0 Å². The van der Waals surface area contributed by atoms with Gasteiger partial charge in [-0.05, 0) is 60.2 Å². The summed E-state index contributed by atoms with van der Waals surface area (Å²) >= 11 is 7.38. The lowest BCUT2D eigenvalue weighted by Crippen LogP contribution is -2.32. The van der Waals surface area contributed by atoms with E-state index in [-0.39, 0.29) is 11.9 Å². The van der Waals surface area contributed by atoms with Gasteiger partial charge >= 0.3 is 0 Å². The fourth-order valence-corrected chi connectivity index (χ4v) is 4.30. The highest BCUT2D eigenvalue weighted by Crippen LogP contribution is 2.39. The van der Waals surface area contributed by atoms with Gasteiger partial charge in [0.1, 0.15) is 0 Å². The summed E-state index contributed by atoms with van der Waals surface area (Å²) in [6.45, 7) is 2.03. The number of carbonyl (C=O) groups is 1. The molecular formula is C24H19ClN2OS. The third-order valence-electron chi connectivity index (χ3n) is 4.65. The molecule has 1 unspecified atom stereocenters. The average molecular weight is 419 g/mol. The summed E-state index contributed by atoms with van der Waals surface area (Å²) in [6.07, 6.45) is 1.89. The molecule has 1 saturated heterocycles. The second-order valence-corrected chi connectivity index (χ2v) is 8.10. The molecule has 144 valence electrons. The normalized spacial score (nSPS) is 17.9. The van der Waals surface area contributed by atoms with Crippen molar-refractivity contribution in [2.45, 2.75) is 13.0 Å². The zero-order chi connectivity index (χ0) is 20.2. The first-order valence-electron chi connectivity index (χ1n) is 9.29. The fraction of sp³-hybridized carbons (Fsp3) is 0.0833. The van der Waals surface area contributed by atoms with Crippen molar-refractivity contribution < 1.29 is 4.79 Å². The summed E-state index contributed by atoms with van der Waals surface area (Å²) in [5.74, 6) is -0.0454. The third-order valence-corrected chi connectivity index (χ3v) is 5.89. The minimum absolute atomic E-state index is 0.0454. The molecule has 0 bridgehead atoms. The van der Waals surface area contributed by atoms with Crippen molar-refractivity contribution in [1.29, 1.82) is 0 Å². The Hall–Kier alpha value is -2.82. The standard InChI is InChI=1S/C24H19ClN2OS/c1-17(19-8-4-2-5-9-19)27-23(28)22(16-18-12-14-20(25)15-13-18)29-24(27)26-21-10-6-3-7-11-21/h2-17H,1H3/b22-16+,26-24?. The van der Waals surface area contributed by atoms with E-state index in [4.69, 9.17) is 16.6 Å². The summed E-state index contributed by atoms with van der Waals surface area (Å²) in [5, 5.41) is 1.35. The summed E-state index contributed by atoms with van der Waals surface area (Å²) < 4.78 is 0. The summed E-state index contributed by atoms with van der Waals surface area (Å²) in [5.41, 5.74) is 2.81. The van der Waals surface area contributed by atoms with E-state index in [0.29, 0.717) is 15.1 Å². The molecular weight excluding hydrogens is 400 g/mol. The van der Waals surface area contributed by atoms with E-state index in [1.165, 1.54) is 11.8 Å². The van der Waals surface area contributed by atoms with Gasteiger partial charge in [0.25, 0.3) is 5.91 Å². The van der Waals surface area contributed by atoms with E-state index in [0.717, 1.165) is 16.8 Å². The number of amidine groups is 1. The zero-order valence-electron chi connectivity index (χ0n) is 15.8. The number of hydrogen-bond donors (Lipinski definition) is 0. The number of aliphatic imine (C=N–C) groups is 1. The number of para-hydroxylation sites is 1. The topological polar surface area (TPSA) is 32.7 Å². The van der Waals surface area contributed by atoms with Crippen LogP contribution in [-0.2, 0) is 4.79 Å². The molecule has 0 N–H and O–H groups in total. The van der Waals surface area contributed by atoms with Crippen molar-refractivity contribution in [2.24, 2.45) is 4.99 Å². The van der Waals surface area contributed by atoms with E-state index in [1.54, 1.807) is 4.90 Å². The van der Waals surface area contributed by atoms with Crippen molar-refractivity contribution >= 4 is 46.2 Å². The number of amides is 1. The van der Waals surface area contributed by atoms with Gasteiger partial charge in [0, 0.05) is 5.02 Å². The molecule has 1 amide bonds. The van der Waals surface area contributed by atoms with E-state index in [1.807, 2.05) is 97.9 Å². The maximum absolute atomic E-state index is 13.3. The molecule has 1 fully saturated rings. The second-order valence-electron chi connectivity index (χ2n) is 6.65. The maximum Gasteiger partial charge on any atom is 0.267 e. The van der Waals surface area contributed by atoms with Crippen molar-refractivity contribution in [3.8, 4) is 0 Å². The number of rotatable bonds is 4. The fourth-order valence-electron chi connectivity index (χ4n) is 3.11. The highest BCUT2D eigenvalue weighted by Gasteiger charge is 2.37. The van der Waals surface area contributed by atoms with Crippen LogP contribution in [0.2, 0.25) is 5.02 Å². The molecule has 29 heavy (non-hydrogen) atoms. The lowest BCUT2D eigenvalue weighted by Gasteiger charge is -2.24. The van der Waals surface area contributed by atoms with Gasteiger partial charge in [-0.1, -0.05) is 72.3 Å². The molecule has 3 aromatic carbocycles. The van der Waals surface area contributed by atoms with E-state index < -0.39 is 0 Å². The largest absolute Gasteiger partial charge is 0.279 e. The van der Waals surface area contributed by atoms with Gasteiger partial charge in [-0.25, -0.2) is 4.99 Å². The molecule has 0 spiro atoms. The summed E-state index contributed by atoms with van der Waals surface area (Å²) in [4.78, 5) is 20.5. The maximum atomic E-state index is 13.3. The number of hydrogen-bond acceptors (Lipinski definition) is 3. The Kier molecular flexibility index (Phi) is 5.84. The number of halogens is 1. The van der Waals surface area contributed by atoms with Crippen LogP contribution in [0.3, 0.4) is 0 Å². The molecule has 0 radical (unpaired) electrons. The molecule has 0 aromatic heterocycles. The Labute approximate surface area is 179 Å². The van der Waals surface area contributed by atoms with Crippen molar-refractivity contribution in [1.82, 2.24) is 4.90 Å². The molecule has 4 rings (SSSR count). The summed E-state index contributed by atoms with van der Waals surface area (Å²) in [6, 6.07) is 27.0. The monoisotopic (exact) mass is 418 g/mol. The van der Waals surface area contributed by atoms with Crippen LogP contribution in [0.15, 0.2) is 94.8 Å². The van der Waals surface area contributed by atoms with Crippen LogP contribution in [0.1, 0.15) is 24.1 Å². The van der Waals surface area contributed by atoms with Crippen molar-refractivity contribution in [2.75, 3.05) is 0 Å². The number of benzene rings is 3. The van der Waals surface area contributed by atoms with Crippen LogP contribution in [-0.4, -0.2) is 16.0 Å². The molecule has 1 heterocycles. The number of nitrogens with zero attached hydrogens (tertiary/aromatic N) is 2. The molecule has 1 aliphatic rings. The lowest BCUT2D eigenvalue weighted by molar-refractivity contribution is -0.123. The lowest BCUT2D eigenvalue weighted by atomic mass is 10.1. The summed E-state index contributed by atoms with van der Waals surface area (Å²) in [7, 11) is 0. The smallest absolute Gasteiger partial charge is 0.267 e. The zero-order valence-corrected chi connectivity index (χ0v) is 17.4.